The monoisotopic (exact) mass is 460 g/mol. The van der Waals surface area contributed by atoms with E-state index in [9.17, 15) is 14.0 Å². The molecule has 1 aliphatic carbocycles. The Morgan fingerprint density at radius 1 is 1.06 bits per heavy atom. The highest BCUT2D eigenvalue weighted by molar-refractivity contribution is 5.94. The maximum Gasteiger partial charge on any atom is 0.254 e. The molecular weight excluding hydrogens is 431 g/mol. The number of rotatable bonds is 6. The van der Waals surface area contributed by atoms with E-state index in [1.54, 1.807) is 4.90 Å². The smallest absolute Gasteiger partial charge is 0.254 e. The van der Waals surface area contributed by atoms with Crippen molar-refractivity contribution in [1.29, 1.82) is 0 Å². The Balaban J connectivity index is 1.24. The van der Waals surface area contributed by atoms with E-state index in [1.165, 1.54) is 49.9 Å². The van der Waals surface area contributed by atoms with Crippen LogP contribution >= 0.6 is 0 Å². The summed E-state index contributed by atoms with van der Waals surface area (Å²) in [6.45, 7) is 1.000. The van der Waals surface area contributed by atoms with Crippen LogP contribution in [0.5, 0.6) is 0 Å². The quantitative estimate of drug-likeness (QED) is 0.477. The largest absolute Gasteiger partial charge is 0.461 e. The minimum absolute atomic E-state index is 0.0535. The molecule has 5 nitrogen and oxygen atoms in total. The number of fused-ring (bicyclic) bond motifs is 1. The molecule has 6 heteroatoms. The fourth-order valence-electron chi connectivity index (χ4n) is 5.03. The molecule has 5 rings (SSSR count). The van der Waals surface area contributed by atoms with Crippen LogP contribution in [0.4, 0.5) is 10.1 Å². The molecule has 0 atom stereocenters. The minimum Gasteiger partial charge on any atom is -0.461 e. The third-order valence-corrected chi connectivity index (χ3v) is 6.93. The first-order valence-corrected chi connectivity index (χ1v) is 12.1. The van der Waals surface area contributed by atoms with Crippen molar-refractivity contribution in [3.63, 3.8) is 0 Å². The number of nitrogens with one attached hydrogen (secondary N) is 1. The Bertz CT molecular complexity index is 1180. The van der Waals surface area contributed by atoms with Crippen LogP contribution in [-0.2, 0) is 17.8 Å². The third kappa shape index (κ3) is 5.06. The zero-order valence-corrected chi connectivity index (χ0v) is 19.2. The predicted molar refractivity (Wildman–Crippen MR) is 129 cm³/mol. The summed E-state index contributed by atoms with van der Waals surface area (Å²) in [5, 5.41) is 3.02. The lowest BCUT2D eigenvalue weighted by molar-refractivity contribution is -0.116. The summed E-state index contributed by atoms with van der Waals surface area (Å²) in [6, 6.07) is 15.3. The van der Waals surface area contributed by atoms with Crippen molar-refractivity contribution in [2.75, 3.05) is 11.9 Å². The van der Waals surface area contributed by atoms with Crippen molar-refractivity contribution in [3.8, 4) is 11.3 Å². The molecule has 2 aliphatic rings. The number of halogens is 1. The van der Waals surface area contributed by atoms with Gasteiger partial charge in [0.05, 0.1) is 0 Å². The van der Waals surface area contributed by atoms with E-state index < -0.39 is 0 Å². The molecule has 2 heterocycles. The Morgan fingerprint density at radius 3 is 2.65 bits per heavy atom. The topological polar surface area (TPSA) is 62.6 Å². The van der Waals surface area contributed by atoms with E-state index in [-0.39, 0.29) is 17.6 Å². The van der Waals surface area contributed by atoms with E-state index in [0.29, 0.717) is 37.4 Å². The average molecular weight is 461 g/mol. The molecular formula is C28H29FN2O3. The SMILES string of the molecule is O=C(CCC1CCCC1)Nc1cccc(-c2cc3c(o2)CCN(C(=O)c2ccc(F)cc2)C3)c1. The molecule has 0 radical (unpaired) electrons. The fraction of sp³-hybridized carbons (Fsp3) is 0.357. The van der Waals surface area contributed by atoms with E-state index in [1.807, 2.05) is 30.3 Å². The highest BCUT2D eigenvalue weighted by atomic mass is 19.1. The zero-order valence-electron chi connectivity index (χ0n) is 19.2. The summed E-state index contributed by atoms with van der Waals surface area (Å²) >= 11 is 0. The average Bonchev–Trinajstić information content (AvgIpc) is 3.52. The highest BCUT2D eigenvalue weighted by Crippen LogP contribution is 2.32. The maximum absolute atomic E-state index is 13.2. The summed E-state index contributed by atoms with van der Waals surface area (Å²) in [5.74, 6) is 1.88. The highest BCUT2D eigenvalue weighted by Gasteiger charge is 2.25. The van der Waals surface area contributed by atoms with Crippen molar-refractivity contribution in [2.24, 2.45) is 5.92 Å². The van der Waals surface area contributed by atoms with Gasteiger partial charge in [0.2, 0.25) is 5.91 Å². The van der Waals surface area contributed by atoms with E-state index in [4.69, 9.17) is 4.42 Å². The number of hydrogen-bond donors (Lipinski definition) is 1. The molecule has 0 unspecified atom stereocenters. The number of nitrogens with zero attached hydrogens (tertiary/aromatic N) is 1. The molecule has 0 spiro atoms. The van der Waals surface area contributed by atoms with Gasteiger partial charge in [-0.05, 0) is 54.8 Å². The standard InChI is InChI=1S/C28H29FN2O3/c29-23-11-9-20(10-12-23)28(33)31-15-14-25-22(18-31)17-26(34-25)21-6-3-7-24(16-21)30-27(32)13-8-19-4-1-2-5-19/h3,6-7,9-12,16-17,19H,1-2,4-5,8,13-15,18H2,(H,30,32). The maximum atomic E-state index is 13.2. The van der Waals surface area contributed by atoms with Crippen molar-refractivity contribution < 1.29 is 18.4 Å². The van der Waals surface area contributed by atoms with Crippen LogP contribution < -0.4 is 5.32 Å². The molecule has 1 aliphatic heterocycles. The normalized spacial score (nSPS) is 15.9. The van der Waals surface area contributed by atoms with Gasteiger partial charge in [0, 0.05) is 48.3 Å². The van der Waals surface area contributed by atoms with Gasteiger partial charge in [-0.15, -0.1) is 0 Å². The van der Waals surface area contributed by atoms with Crippen molar-refractivity contribution in [3.05, 3.63) is 77.3 Å². The van der Waals surface area contributed by atoms with Crippen molar-refractivity contribution in [1.82, 2.24) is 4.90 Å². The first-order chi connectivity index (χ1) is 16.5. The molecule has 176 valence electrons. The van der Waals surface area contributed by atoms with Crippen LogP contribution in [0.2, 0.25) is 0 Å². The molecule has 2 aromatic carbocycles. The lowest BCUT2D eigenvalue weighted by atomic mass is 10.0. The van der Waals surface area contributed by atoms with Crippen LogP contribution in [0.1, 0.15) is 60.2 Å². The number of furan rings is 1. The first-order valence-electron chi connectivity index (χ1n) is 12.1. The van der Waals surface area contributed by atoms with E-state index >= 15 is 0 Å². The Hall–Kier alpha value is -3.41. The van der Waals surface area contributed by atoms with Gasteiger partial charge in [0.25, 0.3) is 5.91 Å². The number of carbonyl (C=O) groups excluding carboxylic acids is 2. The summed E-state index contributed by atoms with van der Waals surface area (Å²) in [5.41, 5.74) is 3.10. The molecule has 1 fully saturated rings. The number of hydrogen-bond acceptors (Lipinski definition) is 3. The van der Waals surface area contributed by atoms with Gasteiger partial charge in [-0.1, -0.05) is 37.8 Å². The molecule has 2 amide bonds. The summed E-state index contributed by atoms with van der Waals surface area (Å²) < 4.78 is 19.3. The molecule has 1 saturated carbocycles. The van der Waals surface area contributed by atoms with Gasteiger partial charge >= 0.3 is 0 Å². The van der Waals surface area contributed by atoms with Gasteiger partial charge < -0.3 is 14.6 Å². The van der Waals surface area contributed by atoms with Crippen LogP contribution in [0.25, 0.3) is 11.3 Å². The molecule has 1 N–H and O–H groups in total. The van der Waals surface area contributed by atoms with Gasteiger partial charge in [0.1, 0.15) is 17.3 Å². The molecule has 3 aromatic rings. The first kappa shape index (κ1) is 22.4. The second-order valence-electron chi connectivity index (χ2n) is 9.36. The third-order valence-electron chi connectivity index (χ3n) is 6.93. The molecule has 1 aromatic heterocycles. The van der Waals surface area contributed by atoms with Gasteiger partial charge in [-0.2, -0.15) is 0 Å². The Labute approximate surface area is 199 Å². The summed E-state index contributed by atoms with van der Waals surface area (Å²) in [4.78, 5) is 27.0. The van der Waals surface area contributed by atoms with Crippen molar-refractivity contribution >= 4 is 17.5 Å². The number of anilines is 1. The molecule has 0 bridgehead atoms. The van der Waals surface area contributed by atoms with E-state index in [2.05, 4.69) is 5.32 Å². The molecule has 0 saturated heterocycles. The van der Waals surface area contributed by atoms with Gasteiger partial charge in [-0.25, -0.2) is 4.39 Å². The minimum atomic E-state index is -0.357. The van der Waals surface area contributed by atoms with Crippen LogP contribution in [-0.4, -0.2) is 23.3 Å². The van der Waals surface area contributed by atoms with Crippen LogP contribution in [0, 0.1) is 11.7 Å². The number of carbonyl (C=O) groups is 2. The van der Waals surface area contributed by atoms with Gasteiger partial charge in [-0.3, -0.25) is 9.59 Å². The Morgan fingerprint density at radius 2 is 1.85 bits per heavy atom. The van der Waals surface area contributed by atoms with E-state index in [0.717, 1.165) is 34.8 Å². The second kappa shape index (κ2) is 9.84. The van der Waals surface area contributed by atoms with Crippen LogP contribution in [0.3, 0.4) is 0 Å². The van der Waals surface area contributed by atoms with Crippen LogP contribution in [0.15, 0.2) is 59.0 Å². The second-order valence-corrected chi connectivity index (χ2v) is 9.36. The number of benzene rings is 2. The molecule has 34 heavy (non-hydrogen) atoms. The number of amides is 2. The zero-order chi connectivity index (χ0) is 23.5. The summed E-state index contributed by atoms with van der Waals surface area (Å²) in [7, 11) is 0. The lowest BCUT2D eigenvalue weighted by Crippen LogP contribution is -2.35. The Kier molecular flexibility index (Phi) is 6.48. The van der Waals surface area contributed by atoms with Gasteiger partial charge in [0.15, 0.2) is 0 Å². The predicted octanol–water partition coefficient (Wildman–Crippen LogP) is 6.19. The summed E-state index contributed by atoms with van der Waals surface area (Å²) in [6.07, 6.45) is 7.22. The lowest BCUT2D eigenvalue weighted by Gasteiger charge is -2.26. The fourth-order valence-corrected chi connectivity index (χ4v) is 5.03. The van der Waals surface area contributed by atoms with Crippen molar-refractivity contribution in [2.45, 2.75) is 51.5 Å².